The summed E-state index contributed by atoms with van der Waals surface area (Å²) in [7, 11) is 0. The smallest absolute Gasteiger partial charge is 0.326 e. The van der Waals surface area contributed by atoms with E-state index in [2.05, 4.69) is 10.6 Å². The predicted molar refractivity (Wildman–Crippen MR) is 100 cm³/mol. The van der Waals surface area contributed by atoms with Gasteiger partial charge in [0.25, 0.3) is 0 Å². The third-order valence-corrected chi connectivity index (χ3v) is 4.07. The number of nitrogens with one attached hydrogen (secondary N) is 2. The number of carbonyl (C=O) groups excluding carboxylic acids is 3. The Labute approximate surface area is 158 Å². The van der Waals surface area contributed by atoms with Crippen molar-refractivity contribution >= 4 is 23.7 Å². The van der Waals surface area contributed by atoms with Gasteiger partial charge >= 0.3 is 5.97 Å². The second-order valence-electron chi connectivity index (χ2n) is 6.35. The number of hydrogen-bond acceptors (Lipinski definition) is 4. The summed E-state index contributed by atoms with van der Waals surface area (Å²) in [5.41, 5.74) is 2.17. The lowest BCUT2D eigenvalue weighted by molar-refractivity contribution is -0.149. The molecule has 0 heterocycles. The molecule has 3 amide bonds. The Morgan fingerprint density at radius 3 is 2.30 bits per heavy atom. The van der Waals surface area contributed by atoms with E-state index in [0.29, 0.717) is 6.42 Å². The van der Waals surface area contributed by atoms with Crippen LogP contribution in [-0.4, -0.2) is 59.4 Å². The number of amides is 3. The van der Waals surface area contributed by atoms with Gasteiger partial charge in [0.1, 0.15) is 6.04 Å². The summed E-state index contributed by atoms with van der Waals surface area (Å²) in [5, 5.41) is 14.2. The monoisotopic (exact) mass is 377 g/mol. The second kappa shape index (κ2) is 10.9. The molecule has 8 nitrogen and oxygen atoms in total. The number of carboxylic acid groups (broad SMARTS) is 1. The molecule has 8 heteroatoms. The molecule has 0 saturated heterocycles. The molecule has 1 unspecified atom stereocenters. The minimum atomic E-state index is -1.16. The fourth-order valence-electron chi connectivity index (χ4n) is 2.40. The summed E-state index contributed by atoms with van der Waals surface area (Å²) in [4.78, 5) is 47.5. The molecule has 0 spiro atoms. The number of hydrogen-bond donors (Lipinski definition) is 3. The number of benzene rings is 1. The van der Waals surface area contributed by atoms with Gasteiger partial charge in [-0.3, -0.25) is 14.4 Å². The molecule has 1 aromatic carbocycles. The first-order valence-corrected chi connectivity index (χ1v) is 8.79. The summed E-state index contributed by atoms with van der Waals surface area (Å²) in [6.45, 7) is 4.60. The van der Waals surface area contributed by atoms with Gasteiger partial charge in [0.05, 0.1) is 6.54 Å². The van der Waals surface area contributed by atoms with Crippen LogP contribution in [0.1, 0.15) is 31.4 Å². The van der Waals surface area contributed by atoms with Crippen LogP contribution in [0.4, 0.5) is 0 Å². The highest BCUT2D eigenvalue weighted by atomic mass is 16.4. The summed E-state index contributed by atoms with van der Waals surface area (Å²) >= 11 is 0. The standard InChI is InChI=1S/C19H27N3O5/c1-13-4-6-16(7-5-13)8-9-17(24)21-12-18(25)22(14(2)19(26)27)11-10-20-15(3)23/h4-7,14H,8-12H2,1-3H3,(H,20,23)(H,21,24)(H,26,27). The summed E-state index contributed by atoms with van der Waals surface area (Å²) in [6.07, 6.45) is 0.787. The van der Waals surface area contributed by atoms with Gasteiger partial charge in [-0.1, -0.05) is 29.8 Å². The Balaban J connectivity index is 2.50. The van der Waals surface area contributed by atoms with Crippen LogP contribution in [0.5, 0.6) is 0 Å². The first-order chi connectivity index (χ1) is 12.7. The molecular formula is C19H27N3O5. The number of aliphatic carboxylic acids is 1. The number of carbonyl (C=O) groups is 4. The van der Waals surface area contributed by atoms with Gasteiger partial charge < -0.3 is 20.6 Å². The maximum absolute atomic E-state index is 12.3. The van der Waals surface area contributed by atoms with Crippen molar-refractivity contribution in [3.63, 3.8) is 0 Å². The van der Waals surface area contributed by atoms with Crippen molar-refractivity contribution in [1.82, 2.24) is 15.5 Å². The van der Waals surface area contributed by atoms with Crippen molar-refractivity contribution in [3.8, 4) is 0 Å². The van der Waals surface area contributed by atoms with Crippen molar-refractivity contribution in [2.75, 3.05) is 19.6 Å². The van der Waals surface area contributed by atoms with Crippen molar-refractivity contribution in [2.45, 2.75) is 39.7 Å². The van der Waals surface area contributed by atoms with Crippen LogP contribution in [0.15, 0.2) is 24.3 Å². The van der Waals surface area contributed by atoms with Crippen LogP contribution >= 0.6 is 0 Å². The van der Waals surface area contributed by atoms with Crippen LogP contribution in [0, 0.1) is 6.92 Å². The molecule has 0 saturated carbocycles. The molecule has 0 fully saturated rings. The van der Waals surface area contributed by atoms with Gasteiger partial charge in [-0.15, -0.1) is 0 Å². The molecule has 148 valence electrons. The fourth-order valence-corrected chi connectivity index (χ4v) is 2.40. The molecule has 0 aromatic heterocycles. The maximum Gasteiger partial charge on any atom is 0.326 e. The van der Waals surface area contributed by atoms with Gasteiger partial charge in [0.2, 0.25) is 17.7 Å². The molecule has 0 aliphatic rings. The lowest BCUT2D eigenvalue weighted by Crippen LogP contribution is -2.50. The lowest BCUT2D eigenvalue weighted by atomic mass is 10.1. The number of nitrogens with zero attached hydrogens (tertiary/aromatic N) is 1. The Morgan fingerprint density at radius 2 is 1.74 bits per heavy atom. The van der Waals surface area contributed by atoms with Gasteiger partial charge in [0.15, 0.2) is 0 Å². The van der Waals surface area contributed by atoms with Crippen LogP contribution in [0.25, 0.3) is 0 Å². The number of carboxylic acids is 1. The fraction of sp³-hybridized carbons (Fsp3) is 0.474. The van der Waals surface area contributed by atoms with Crippen LogP contribution in [0.3, 0.4) is 0 Å². The third-order valence-electron chi connectivity index (χ3n) is 4.07. The lowest BCUT2D eigenvalue weighted by Gasteiger charge is -2.26. The predicted octanol–water partition coefficient (Wildman–Crippen LogP) is 0.482. The zero-order valence-corrected chi connectivity index (χ0v) is 15.9. The molecule has 1 aromatic rings. The van der Waals surface area contributed by atoms with Crippen LogP contribution in [0.2, 0.25) is 0 Å². The average molecular weight is 377 g/mol. The Bertz CT molecular complexity index is 672. The molecule has 0 aliphatic heterocycles. The molecular weight excluding hydrogens is 350 g/mol. The third kappa shape index (κ3) is 8.35. The van der Waals surface area contributed by atoms with E-state index in [0.717, 1.165) is 16.0 Å². The van der Waals surface area contributed by atoms with Crippen molar-refractivity contribution in [3.05, 3.63) is 35.4 Å². The van der Waals surface area contributed by atoms with E-state index < -0.39 is 17.9 Å². The SMILES string of the molecule is CC(=O)NCCN(C(=O)CNC(=O)CCc1ccc(C)cc1)C(C)C(=O)O. The van der Waals surface area contributed by atoms with E-state index in [4.69, 9.17) is 5.11 Å². The number of aryl methyl sites for hydroxylation is 2. The summed E-state index contributed by atoms with van der Waals surface area (Å²) < 4.78 is 0. The minimum Gasteiger partial charge on any atom is -0.480 e. The molecule has 0 bridgehead atoms. The Hall–Kier alpha value is -2.90. The molecule has 27 heavy (non-hydrogen) atoms. The van der Waals surface area contributed by atoms with E-state index in [1.807, 2.05) is 31.2 Å². The summed E-state index contributed by atoms with van der Waals surface area (Å²) in [5.74, 6) is -2.22. The van der Waals surface area contributed by atoms with Crippen LogP contribution in [-0.2, 0) is 25.6 Å². The number of rotatable bonds is 10. The average Bonchev–Trinajstić information content (AvgIpc) is 2.62. The van der Waals surface area contributed by atoms with Gasteiger partial charge in [-0.05, 0) is 25.8 Å². The zero-order valence-electron chi connectivity index (χ0n) is 15.9. The Morgan fingerprint density at radius 1 is 1.11 bits per heavy atom. The van der Waals surface area contributed by atoms with E-state index in [9.17, 15) is 19.2 Å². The maximum atomic E-state index is 12.3. The van der Waals surface area contributed by atoms with E-state index in [-0.39, 0.29) is 37.9 Å². The first-order valence-electron chi connectivity index (χ1n) is 8.79. The van der Waals surface area contributed by atoms with Gasteiger partial charge in [-0.2, -0.15) is 0 Å². The molecule has 3 N–H and O–H groups in total. The highest BCUT2D eigenvalue weighted by molar-refractivity contribution is 5.88. The van der Waals surface area contributed by atoms with Gasteiger partial charge in [0, 0.05) is 26.4 Å². The molecule has 0 radical (unpaired) electrons. The van der Waals surface area contributed by atoms with Crippen molar-refractivity contribution in [2.24, 2.45) is 0 Å². The van der Waals surface area contributed by atoms with Gasteiger partial charge in [-0.25, -0.2) is 4.79 Å². The van der Waals surface area contributed by atoms with Crippen molar-refractivity contribution < 1.29 is 24.3 Å². The highest BCUT2D eigenvalue weighted by Crippen LogP contribution is 2.06. The quantitative estimate of drug-likeness (QED) is 0.549. The first kappa shape index (κ1) is 22.1. The molecule has 1 atom stereocenters. The topological polar surface area (TPSA) is 116 Å². The zero-order chi connectivity index (χ0) is 20.4. The van der Waals surface area contributed by atoms with E-state index in [1.165, 1.54) is 13.8 Å². The van der Waals surface area contributed by atoms with E-state index >= 15 is 0 Å². The minimum absolute atomic E-state index is 0.0467. The highest BCUT2D eigenvalue weighted by Gasteiger charge is 2.25. The largest absolute Gasteiger partial charge is 0.480 e. The molecule has 0 aliphatic carbocycles. The normalized spacial score (nSPS) is 11.4. The van der Waals surface area contributed by atoms with E-state index in [1.54, 1.807) is 0 Å². The van der Waals surface area contributed by atoms with Crippen molar-refractivity contribution in [1.29, 1.82) is 0 Å². The second-order valence-corrected chi connectivity index (χ2v) is 6.35. The summed E-state index contributed by atoms with van der Waals surface area (Å²) in [6, 6.07) is 6.78. The van der Waals surface area contributed by atoms with Crippen LogP contribution < -0.4 is 10.6 Å². The molecule has 1 rings (SSSR count). The Kier molecular flexibility index (Phi) is 8.98.